The first-order valence-electron chi connectivity index (χ1n) is 6.56. The summed E-state index contributed by atoms with van der Waals surface area (Å²) in [6.07, 6.45) is 1.07. The summed E-state index contributed by atoms with van der Waals surface area (Å²) in [6.45, 7) is 5.00. The van der Waals surface area contributed by atoms with Gasteiger partial charge in [-0.3, -0.25) is 0 Å². The second kappa shape index (κ2) is 6.25. The minimum Gasteiger partial charge on any atom is -0.494 e. The van der Waals surface area contributed by atoms with Crippen LogP contribution < -0.4 is 4.74 Å². The normalized spacial score (nSPS) is 12.1. The van der Waals surface area contributed by atoms with Gasteiger partial charge in [0.1, 0.15) is 5.75 Å². The minimum absolute atomic E-state index is 0.546. The van der Waals surface area contributed by atoms with Gasteiger partial charge in [-0.25, -0.2) is 0 Å². The van der Waals surface area contributed by atoms with Gasteiger partial charge >= 0.3 is 0 Å². The lowest BCUT2D eigenvalue weighted by Crippen LogP contribution is -1.98. The number of hydrogen-bond acceptors (Lipinski definition) is 1. The molecule has 1 heteroatoms. The molecule has 0 fully saturated rings. The topological polar surface area (TPSA) is 9.23 Å². The highest BCUT2D eigenvalue weighted by Gasteiger charge is 2.06. The van der Waals surface area contributed by atoms with Crippen LogP contribution in [0.15, 0.2) is 54.6 Å². The third-order valence-electron chi connectivity index (χ3n) is 3.14. The van der Waals surface area contributed by atoms with Crippen molar-refractivity contribution >= 4 is 0 Å². The second-order valence-electron chi connectivity index (χ2n) is 4.59. The molecular formula is C17H20O. The molecule has 0 aromatic heterocycles. The van der Waals surface area contributed by atoms with Crippen molar-refractivity contribution in [1.82, 2.24) is 0 Å². The Labute approximate surface area is 109 Å². The Bertz CT molecular complexity index is 459. The van der Waals surface area contributed by atoms with Gasteiger partial charge in [-0.2, -0.15) is 0 Å². The van der Waals surface area contributed by atoms with Gasteiger partial charge in [-0.15, -0.1) is 0 Å². The summed E-state index contributed by atoms with van der Waals surface area (Å²) in [4.78, 5) is 0. The Hall–Kier alpha value is -1.76. The van der Waals surface area contributed by atoms with Gasteiger partial charge in [0.25, 0.3) is 0 Å². The van der Waals surface area contributed by atoms with Crippen LogP contribution in [-0.4, -0.2) is 6.61 Å². The molecule has 1 nitrogen and oxygen atoms in total. The summed E-state index contributed by atoms with van der Waals surface area (Å²) >= 11 is 0. The predicted molar refractivity (Wildman–Crippen MR) is 76.2 cm³/mol. The molecule has 0 aliphatic rings. The van der Waals surface area contributed by atoms with Crippen LogP contribution in [0.3, 0.4) is 0 Å². The molecule has 18 heavy (non-hydrogen) atoms. The lowest BCUT2D eigenvalue weighted by molar-refractivity contribution is 0.340. The zero-order chi connectivity index (χ0) is 12.8. The van der Waals surface area contributed by atoms with Crippen LogP contribution in [0, 0.1) is 0 Å². The molecule has 0 aliphatic heterocycles. The van der Waals surface area contributed by atoms with Crippen LogP contribution in [0.2, 0.25) is 0 Å². The quantitative estimate of drug-likeness (QED) is 0.751. The van der Waals surface area contributed by atoms with Crippen molar-refractivity contribution in [3.8, 4) is 5.75 Å². The fourth-order valence-corrected chi connectivity index (χ4v) is 2.14. The molecule has 0 saturated carbocycles. The Kier molecular flexibility index (Phi) is 4.40. The molecule has 0 spiro atoms. The highest BCUT2D eigenvalue weighted by molar-refractivity contribution is 5.29. The third kappa shape index (κ3) is 3.36. The minimum atomic E-state index is 0.546. The summed E-state index contributed by atoms with van der Waals surface area (Å²) in [5.41, 5.74) is 2.75. The van der Waals surface area contributed by atoms with E-state index < -0.39 is 0 Å². The van der Waals surface area contributed by atoms with E-state index in [0.717, 1.165) is 18.8 Å². The summed E-state index contributed by atoms with van der Waals surface area (Å²) in [5.74, 6) is 1.50. The molecule has 0 heterocycles. The molecule has 1 unspecified atom stereocenters. The van der Waals surface area contributed by atoms with Crippen LogP contribution in [0.5, 0.6) is 5.75 Å². The van der Waals surface area contributed by atoms with Gasteiger partial charge in [-0.05, 0) is 42.5 Å². The largest absolute Gasteiger partial charge is 0.494 e. The summed E-state index contributed by atoms with van der Waals surface area (Å²) in [5, 5.41) is 0. The SMILES string of the molecule is CCOc1ccc(CC(C)c2ccccc2)cc1. The zero-order valence-corrected chi connectivity index (χ0v) is 11.1. The highest BCUT2D eigenvalue weighted by Crippen LogP contribution is 2.21. The fourth-order valence-electron chi connectivity index (χ4n) is 2.14. The van der Waals surface area contributed by atoms with Crippen molar-refractivity contribution in [1.29, 1.82) is 0 Å². The Balaban J connectivity index is 2.01. The maximum Gasteiger partial charge on any atom is 0.119 e. The van der Waals surface area contributed by atoms with E-state index >= 15 is 0 Å². The van der Waals surface area contributed by atoms with Gasteiger partial charge in [0.15, 0.2) is 0 Å². The standard InChI is InChI=1S/C17H20O/c1-3-18-17-11-9-15(10-12-17)13-14(2)16-7-5-4-6-8-16/h4-12,14H,3,13H2,1-2H3. The number of rotatable bonds is 5. The van der Waals surface area contributed by atoms with Gasteiger partial charge in [0.2, 0.25) is 0 Å². The van der Waals surface area contributed by atoms with E-state index in [-0.39, 0.29) is 0 Å². The zero-order valence-electron chi connectivity index (χ0n) is 11.1. The maximum atomic E-state index is 5.45. The van der Waals surface area contributed by atoms with Crippen molar-refractivity contribution in [2.45, 2.75) is 26.2 Å². The summed E-state index contributed by atoms with van der Waals surface area (Å²) in [6, 6.07) is 19.1. The van der Waals surface area contributed by atoms with E-state index in [1.54, 1.807) is 0 Å². The van der Waals surface area contributed by atoms with E-state index in [0.29, 0.717) is 5.92 Å². The fraction of sp³-hybridized carbons (Fsp3) is 0.294. The molecule has 0 N–H and O–H groups in total. The number of ether oxygens (including phenoxy) is 1. The molecule has 2 aromatic carbocycles. The van der Waals surface area contributed by atoms with Crippen molar-refractivity contribution in [3.63, 3.8) is 0 Å². The van der Waals surface area contributed by atoms with Crippen molar-refractivity contribution in [2.24, 2.45) is 0 Å². The first-order valence-corrected chi connectivity index (χ1v) is 6.56. The number of hydrogen-bond donors (Lipinski definition) is 0. The molecule has 0 saturated heterocycles. The van der Waals surface area contributed by atoms with Crippen molar-refractivity contribution in [3.05, 3.63) is 65.7 Å². The van der Waals surface area contributed by atoms with Crippen LogP contribution in [0.4, 0.5) is 0 Å². The van der Waals surface area contributed by atoms with E-state index in [4.69, 9.17) is 4.74 Å². The predicted octanol–water partition coefficient (Wildman–Crippen LogP) is 4.43. The summed E-state index contributed by atoms with van der Waals surface area (Å²) < 4.78 is 5.45. The van der Waals surface area contributed by atoms with Crippen LogP contribution in [-0.2, 0) is 6.42 Å². The highest BCUT2D eigenvalue weighted by atomic mass is 16.5. The van der Waals surface area contributed by atoms with Gasteiger partial charge in [0.05, 0.1) is 6.61 Å². The smallest absolute Gasteiger partial charge is 0.119 e. The van der Waals surface area contributed by atoms with E-state index in [2.05, 4.69) is 61.5 Å². The van der Waals surface area contributed by atoms with E-state index in [1.807, 2.05) is 6.92 Å². The average Bonchev–Trinajstić information content (AvgIpc) is 2.42. The Morgan fingerprint density at radius 3 is 2.22 bits per heavy atom. The molecule has 0 aliphatic carbocycles. The van der Waals surface area contributed by atoms with Crippen LogP contribution in [0.1, 0.15) is 30.9 Å². The van der Waals surface area contributed by atoms with E-state index in [9.17, 15) is 0 Å². The number of benzene rings is 2. The summed E-state index contributed by atoms with van der Waals surface area (Å²) in [7, 11) is 0. The molecule has 2 rings (SSSR count). The Morgan fingerprint density at radius 1 is 0.944 bits per heavy atom. The van der Waals surface area contributed by atoms with Gasteiger partial charge in [0, 0.05) is 0 Å². The molecule has 0 radical (unpaired) electrons. The van der Waals surface area contributed by atoms with Gasteiger partial charge < -0.3 is 4.74 Å². The van der Waals surface area contributed by atoms with Crippen molar-refractivity contribution in [2.75, 3.05) is 6.61 Å². The molecule has 94 valence electrons. The van der Waals surface area contributed by atoms with Crippen LogP contribution in [0.25, 0.3) is 0 Å². The molecule has 2 aromatic rings. The first-order chi connectivity index (χ1) is 8.79. The molecule has 1 atom stereocenters. The lowest BCUT2D eigenvalue weighted by atomic mass is 9.94. The Morgan fingerprint density at radius 2 is 1.61 bits per heavy atom. The maximum absolute atomic E-state index is 5.45. The first kappa shape index (κ1) is 12.7. The lowest BCUT2D eigenvalue weighted by Gasteiger charge is -2.12. The molecule has 0 amide bonds. The molecular weight excluding hydrogens is 220 g/mol. The van der Waals surface area contributed by atoms with Crippen LogP contribution >= 0.6 is 0 Å². The monoisotopic (exact) mass is 240 g/mol. The molecule has 0 bridgehead atoms. The van der Waals surface area contributed by atoms with Crippen molar-refractivity contribution < 1.29 is 4.74 Å². The third-order valence-corrected chi connectivity index (χ3v) is 3.14. The average molecular weight is 240 g/mol. The second-order valence-corrected chi connectivity index (χ2v) is 4.59. The van der Waals surface area contributed by atoms with Gasteiger partial charge in [-0.1, -0.05) is 49.4 Å². The van der Waals surface area contributed by atoms with E-state index in [1.165, 1.54) is 11.1 Å².